The summed E-state index contributed by atoms with van der Waals surface area (Å²) >= 11 is 1.28. The van der Waals surface area contributed by atoms with E-state index in [4.69, 9.17) is 4.74 Å². The summed E-state index contributed by atoms with van der Waals surface area (Å²) in [4.78, 5) is 24.7. The zero-order valence-corrected chi connectivity index (χ0v) is 16.7. The Labute approximate surface area is 173 Å². The van der Waals surface area contributed by atoms with Gasteiger partial charge < -0.3 is 15.4 Å². The Hall–Kier alpha value is -3.12. The minimum absolute atomic E-state index is 0.0456. The molecular formula is C23H22N2O3S. The van der Waals surface area contributed by atoms with Crippen molar-refractivity contribution in [1.82, 2.24) is 5.32 Å². The Kier molecular flexibility index (Phi) is 5.91. The van der Waals surface area contributed by atoms with Crippen molar-refractivity contribution in [2.75, 3.05) is 18.5 Å². The highest BCUT2D eigenvalue weighted by molar-refractivity contribution is 7.18. The average Bonchev–Trinajstić information content (AvgIpc) is 3.51. The van der Waals surface area contributed by atoms with Gasteiger partial charge in [0, 0.05) is 11.5 Å². The highest BCUT2D eigenvalue weighted by atomic mass is 32.1. The molecule has 1 heterocycles. The smallest absolute Gasteiger partial charge is 0.261 e. The molecular weight excluding hydrogens is 384 g/mol. The standard InChI is InChI=1S/C23H22N2O3S/c26-22(17-10-11-17)25-21-13-12-20(29-21)23(27)24-14-15-28-19-9-5-4-8-18(19)16-6-2-1-3-7-16/h1-9,12-13,17H,10-11,14-15H2,(H,24,27)(H,25,26). The molecule has 29 heavy (non-hydrogen) atoms. The average molecular weight is 407 g/mol. The van der Waals surface area contributed by atoms with Crippen LogP contribution in [0.4, 0.5) is 5.00 Å². The second-order valence-corrected chi connectivity index (χ2v) is 7.98. The number of anilines is 1. The molecule has 6 heteroatoms. The maximum absolute atomic E-state index is 12.3. The maximum Gasteiger partial charge on any atom is 0.261 e. The number of hydrogen-bond acceptors (Lipinski definition) is 4. The van der Waals surface area contributed by atoms with Gasteiger partial charge in [0.1, 0.15) is 12.4 Å². The van der Waals surface area contributed by atoms with Crippen LogP contribution in [0.3, 0.4) is 0 Å². The fraction of sp³-hybridized carbons (Fsp3) is 0.217. The van der Waals surface area contributed by atoms with E-state index in [1.165, 1.54) is 11.3 Å². The van der Waals surface area contributed by atoms with Crippen LogP contribution in [-0.4, -0.2) is 25.0 Å². The third-order valence-corrected chi connectivity index (χ3v) is 5.64. The summed E-state index contributed by atoms with van der Waals surface area (Å²) in [6.07, 6.45) is 1.91. The van der Waals surface area contributed by atoms with Crippen molar-refractivity contribution in [2.24, 2.45) is 5.92 Å². The predicted molar refractivity (Wildman–Crippen MR) is 115 cm³/mol. The van der Waals surface area contributed by atoms with Gasteiger partial charge in [0.25, 0.3) is 5.91 Å². The van der Waals surface area contributed by atoms with Crippen LogP contribution in [0.25, 0.3) is 11.1 Å². The number of benzene rings is 2. The lowest BCUT2D eigenvalue weighted by atomic mass is 10.1. The SMILES string of the molecule is O=C(NCCOc1ccccc1-c1ccccc1)c1ccc(NC(=O)C2CC2)s1. The predicted octanol–water partition coefficient (Wildman–Crippen LogP) is 4.57. The van der Waals surface area contributed by atoms with Crippen LogP contribution in [0.5, 0.6) is 5.75 Å². The number of para-hydroxylation sites is 1. The second kappa shape index (κ2) is 8.92. The molecule has 1 aromatic heterocycles. The summed E-state index contributed by atoms with van der Waals surface area (Å²) in [5, 5.41) is 6.44. The van der Waals surface area contributed by atoms with Gasteiger partial charge in [-0.25, -0.2) is 0 Å². The van der Waals surface area contributed by atoms with Gasteiger partial charge in [-0.1, -0.05) is 48.5 Å². The fourth-order valence-electron chi connectivity index (χ4n) is 2.96. The maximum atomic E-state index is 12.3. The zero-order chi connectivity index (χ0) is 20.1. The van der Waals surface area contributed by atoms with Crippen molar-refractivity contribution in [3.8, 4) is 16.9 Å². The van der Waals surface area contributed by atoms with Crippen LogP contribution in [-0.2, 0) is 4.79 Å². The van der Waals surface area contributed by atoms with Crippen LogP contribution in [0.2, 0.25) is 0 Å². The molecule has 0 bridgehead atoms. The monoisotopic (exact) mass is 406 g/mol. The molecule has 0 spiro atoms. The number of ether oxygens (including phenoxy) is 1. The number of nitrogens with one attached hydrogen (secondary N) is 2. The molecule has 1 saturated carbocycles. The van der Waals surface area contributed by atoms with Gasteiger partial charge in [-0.3, -0.25) is 9.59 Å². The lowest BCUT2D eigenvalue weighted by molar-refractivity contribution is -0.117. The van der Waals surface area contributed by atoms with Gasteiger partial charge in [-0.15, -0.1) is 11.3 Å². The van der Waals surface area contributed by atoms with Gasteiger partial charge >= 0.3 is 0 Å². The van der Waals surface area contributed by atoms with E-state index in [0.29, 0.717) is 23.0 Å². The molecule has 1 fully saturated rings. The van der Waals surface area contributed by atoms with Crippen molar-refractivity contribution in [3.63, 3.8) is 0 Å². The molecule has 1 aliphatic carbocycles. The van der Waals surface area contributed by atoms with Gasteiger partial charge in [0.15, 0.2) is 0 Å². The Bertz CT molecular complexity index is 996. The number of amides is 2. The largest absolute Gasteiger partial charge is 0.491 e. The van der Waals surface area contributed by atoms with Crippen LogP contribution in [0, 0.1) is 5.92 Å². The molecule has 2 aromatic carbocycles. The molecule has 0 atom stereocenters. The van der Waals surface area contributed by atoms with E-state index in [1.54, 1.807) is 12.1 Å². The normalized spacial score (nSPS) is 13.0. The topological polar surface area (TPSA) is 67.4 Å². The van der Waals surface area contributed by atoms with Crippen LogP contribution in [0.15, 0.2) is 66.7 Å². The Morgan fingerprint density at radius 2 is 1.72 bits per heavy atom. The minimum Gasteiger partial charge on any atom is -0.491 e. The third-order valence-electron chi connectivity index (χ3n) is 4.64. The lowest BCUT2D eigenvalue weighted by Gasteiger charge is -2.12. The first kappa shape index (κ1) is 19.2. The molecule has 148 valence electrons. The van der Waals surface area contributed by atoms with Crippen molar-refractivity contribution in [1.29, 1.82) is 0 Å². The molecule has 4 rings (SSSR count). The number of thiophene rings is 1. The summed E-state index contributed by atoms with van der Waals surface area (Å²) in [7, 11) is 0. The fourth-order valence-corrected chi connectivity index (χ4v) is 3.78. The van der Waals surface area contributed by atoms with Crippen LogP contribution < -0.4 is 15.4 Å². The number of hydrogen-bond donors (Lipinski definition) is 2. The third kappa shape index (κ3) is 5.03. The van der Waals surface area contributed by atoms with Gasteiger partial charge in [0.05, 0.1) is 16.4 Å². The summed E-state index contributed by atoms with van der Waals surface area (Å²) in [5.41, 5.74) is 2.11. The highest BCUT2D eigenvalue weighted by Gasteiger charge is 2.29. The molecule has 5 nitrogen and oxygen atoms in total. The molecule has 2 amide bonds. The first-order chi connectivity index (χ1) is 14.2. The van der Waals surface area contributed by atoms with Crippen molar-refractivity contribution in [3.05, 3.63) is 71.6 Å². The first-order valence-corrected chi connectivity index (χ1v) is 10.5. The molecule has 0 aliphatic heterocycles. The summed E-state index contributed by atoms with van der Waals surface area (Å²) in [6, 6.07) is 21.4. The van der Waals surface area contributed by atoms with Crippen molar-refractivity contribution >= 4 is 28.2 Å². The van der Waals surface area contributed by atoms with E-state index in [0.717, 1.165) is 29.7 Å². The summed E-state index contributed by atoms with van der Waals surface area (Å²) in [6.45, 7) is 0.760. The van der Waals surface area contributed by atoms with E-state index < -0.39 is 0 Å². The van der Waals surface area contributed by atoms with E-state index in [-0.39, 0.29) is 17.7 Å². The van der Waals surface area contributed by atoms with E-state index in [2.05, 4.69) is 10.6 Å². The summed E-state index contributed by atoms with van der Waals surface area (Å²) < 4.78 is 5.90. The zero-order valence-electron chi connectivity index (χ0n) is 15.9. The molecule has 2 N–H and O–H groups in total. The minimum atomic E-state index is -0.165. The number of rotatable bonds is 8. The second-order valence-electron chi connectivity index (χ2n) is 6.89. The number of carbonyl (C=O) groups is 2. The van der Waals surface area contributed by atoms with Gasteiger partial charge in [0.2, 0.25) is 5.91 Å². The van der Waals surface area contributed by atoms with Crippen LogP contribution in [0.1, 0.15) is 22.5 Å². The molecule has 1 aliphatic rings. The number of carbonyl (C=O) groups excluding carboxylic acids is 2. The van der Waals surface area contributed by atoms with E-state index in [9.17, 15) is 9.59 Å². The van der Waals surface area contributed by atoms with Crippen molar-refractivity contribution < 1.29 is 14.3 Å². The van der Waals surface area contributed by atoms with Crippen molar-refractivity contribution in [2.45, 2.75) is 12.8 Å². The van der Waals surface area contributed by atoms with E-state index in [1.807, 2.05) is 54.6 Å². The Balaban J connectivity index is 1.27. The quantitative estimate of drug-likeness (QED) is 0.539. The Morgan fingerprint density at radius 3 is 2.52 bits per heavy atom. The highest BCUT2D eigenvalue weighted by Crippen LogP contribution is 2.32. The van der Waals surface area contributed by atoms with Gasteiger partial charge in [-0.2, -0.15) is 0 Å². The van der Waals surface area contributed by atoms with Crippen LogP contribution >= 0.6 is 11.3 Å². The molecule has 3 aromatic rings. The van der Waals surface area contributed by atoms with Gasteiger partial charge in [-0.05, 0) is 36.6 Å². The first-order valence-electron chi connectivity index (χ1n) is 9.67. The molecule has 0 unspecified atom stereocenters. The Morgan fingerprint density at radius 1 is 0.966 bits per heavy atom. The lowest BCUT2D eigenvalue weighted by Crippen LogP contribution is -2.27. The summed E-state index contributed by atoms with van der Waals surface area (Å²) in [5.74, 6) is 0.811. The molecule has 0 saturated heterocycles. The van der Waals surface area contributed by atoms with E-state index >= 15 is 0 Å². The molecule has 0 radical (unpaired) electrons.